The van der Waals surface area contributed by atoms with Gasteiger partial charge in [-0.05, 0) is 18.2 Å². The van der Waals surface area contributed by atoms with Gasteiger partial charge in [-0.25, -0.2) is 4.39 Å². The number of hydrogen-bond acceptors (Lipinski definition) is 5. The van der Waals surface area contributed by atoms with Crippen molar-refractivity contribution in [2.24, 2.45) is 5.73 Å². The van der Waals surface area contributed by atoms with Gasteiger partial charge in [0.1, 0.15) is 11.6 Å². The number of nitrogen functional groups attached to an aromatic ring is 1. The maximum atomic E-state index is 14.0. The molecule has 0 aromatic heterocycles. The molecule has 10 heteroatoms. The Morgan fingerprint density at radius 1 is 0.917 bits per heavy atom. The first-order chi connectivity index (χ1) is 17.1. The van der Waals surface area contributed by atoms with Gasteiger partial charge in [-0.1, -0.05) is 12.1 Å². The van der Waals surface area contributed by atoms with Crippen LogP contribution in [0, 0.1) is 11.2 Å². The van der Waals surface area contributed by atoms with E-state index in [1.165, 1.54) is 18.2 Å². The number of carbonyl (C=O) groups excluding carboxylic acids is 1. The standard InChI is InChI=1S/C26H19AsFN3O4S/c27-36(33,34)24-7-2-1-6-21(24)16-8-10-17(11-9-16)26(32)31-22-15-19(28)12-13-23(22)35-20-5-3-4-18(14-20)25(29)30/h1-15H,(H3,29,30)(H,31,32). The SMILES string of the molecule is N=C(N)c1cccc(Oc2ccc(F)cc2NC(=O)c2ccc(-c3ccccc3S(=O)(=O)[As])cc2)c1. The molecule has 36 heavy (non-hydrogen) atoms. The van der Waals surface area contributed by atoms with Crippen LogP contribution in [0.4, 0.5) is 10.1 Å². The number of amides is 1. The predicted molar refractivity (Wildman–Crippen MR) is 137 cm³/mol. The Morgan fingerprint density at radius 2 is 1.64 bits per heavy atom. The van der Waals surface area contributed by atoms with E-state index < -0.39 is 19.8 Å². The number of rotatable bonds is 7. The zero-order valence-corrected chi connectivity index (χ0v) is 21.3. The van der Waals surface area contributed by atoms with E-state index in [0.717, 1.165) is 6.07 Å². The van der Waals surface area contributed by atoms with E-state index in [-0.39, 0.29) is 27.7 Å². The number of anilines is 1. The van der Waals surface area contributed by atoms with Crippen LogP contribution in [0.2, 0.25) is 0 Å². The second-order valence-corrected chi connectivity index (χ2v) is 12.1. The Balaban J connectivity index is 1.58. The van der Waals surface area contributed by atoms with E-state index in [0.29, 0.717) is 22.4 Å². The molecule has 0 fully saturated rings. The van der Waals surface area contributed by atoms with Crippen molar-refractivity contribution >= 4 is 41.2 Å². The van der Waals surface area contributed by atoms with Crippen molar-refractivity contribution < 1.29 is 22.3 Å². The van der Waals surface area contributed by atoms with Gasteiger partial charge in [0.25, 0.3) is 0 Å². The monoisotopic (exact) mass is 563 g/mol. The Hall–Kier alpha value is -3.94. The van der Waals surface area contributed by atoms with Crippen LogP contribution in [-0.4, -0.2) is 35.9 Å². The molecule has 0 aliphatic carbocycles. The van der Waals surface area contributed by atoms with Crippen LogP contribution in [0.25, 0.3) is 11.1 Å². The van der Waals surface area contributed by atoms with Gasteiger partial charge in [-0.15, -0.1) is 0 Å². The average Bonchev–Trinajstić information content (AvgIpc) is 2.85. The maximum Gasteiger partial charge on any atom is -0.00837 e. The zero-order valence-electron chi connectivity index (χ0n) is 18.6. The second kappa shape index (κ2) is 10.4. The fraction of sp³-hybridized carbons (Fsp3) is 0. The third-order valence-electron chi connectivity index (χ3n) is 5.19. The molecule has 0 saturated heterocycles. The van der Waals surface area contributed by atoms with Crippen molar-refractivity contribution in [1.29, 1.82) is 5.41 Å². The first-order valence-electron chi connectivity index (χ1n) is 10.5. The summed E-state index contributed by atoms with van der Waals surface area (Å²) in [4.78, 5) is 13.1. The average molecular weight is 563 g/mol. The maximum absolute atomic E-state index is 14.0. The molecule has 0 unspecified atom stereocenters. The second-order valence-electron chi connectivity index (χ2n) is 7.69. The summed E-state index contributed by atoms with van der Waals surface area (Å²) in [6.45, 7) is 0. The van der Waals surface area contributed by atoms with Gasteiger partial charge >= 0.3 is 152 Å². The van der Waals surface area contributed by atoms with Crippen LogP contribution in [0.5, 0.6) is 11.5 Å². The zero-order chi connectivity index (χ0) is 25.9. The van der Waals surface area contributed by atoms with E-state index in [1.807, 2.05) is 0 Å². The van der Waals surface area contributed by atoms with Crippen LogP contribution < -0.4 is 15.8 Å². The minimum atomic E-state index is -3.50. The Morgan fingerprint density at radius 3 is 2.33 bits per heavy atom. The van der Waals surface area contributed by atoms with Crippen molar-refractivity contribution in [2.45, 2.75) is 4.90 Å². The van der Waals surface area contributed by atoms with Gasteiger partial charge < -0.3 is 5.73 Å². The molecule has 7 nitrogen and oxygen atoms in total. The molecule has 2 radical (unpaired) electrons. The molecular formula is C26H19AsFN3O4S. The quantitative estimate of drug-likeness (QED) is 0.171. The molecule has 0 spiro atoms. The van der Waals surface area contributed by atoms with E-state index in [2.05, 4.69) is 5.32 Å². The summed E-state index contributed by atoms with van der Waals surface area (Å²) in [5, 5.41) is 10.2. The van der Waals surface area contributed by atoms with Crippen molar-refractivity contribution in [3.63, 3.8) is 0 Å². The Bertz CT molecular complexity index is 1570. The van der Waals surface area contributed by atoms with Crippen LogP contribution in [0.3, 0.4) is 0 Å². The fourth-order valence-corrected chi connectivity index (χ4v) is 5.19. The van der Waals surface area contributed by atoms with Gasteiger partial charge in [-0.2, -0.15) is 0 Å². The van der Waals surface area contributed by atoms with E-state index in [4.69, 9.17) is 15.9 Å². The van der Waals surface area contributed by atoms with Crippen molar-refractivity contribution in [3.8, 4) is 22.6 Å². The molecule has 4 aromatic rings. The number of nitrogens with two attached hydrogens (primary N) is 1. The van der Waals surface area contributed by atoms with Crippen LogP contribution >= 0.6 is 0 Å². The summed E-state index contributed by atoms with van der Waals surface area (Å²) >= 11 is 1.66. The summed E-state index contributed by atoms with van der Waals surface area (Å²) in [6.07, 6.45) is 0. The summed E-state index contributed by atoms with van der Waals surface area (Å²) < 4.78 is 44.0. The van der Waals surface area contributed by atoms with Crippen LogP contribution in [0.1, 0.15) is 15.9 Å². The molecule has 0 aliphatic heterocycles. The van der Waals surface area contributed by atoms with Gasteiger partial charge in [0.2, 0.25) is 0 Å². The predicted octanol–water partition coefficient (Wildman–Crippen LogP) is 4.68. The topological polar surface area (TPSA) is 122 Å². The Labute approximate surface area is 215 Å². The number of nitrogens with one attached hydrogen (secondary N) is 2. The molecule has 4 rings (SSSR count). The molecule has 0 heterocycles. The van der Waals surface area contributed by atoms with Gasteiger partial charge in [0.15, 0.2) is 0 Å². The van der Waals surface area contributed by atoms with Crippen molar-refractivity contribution in [1.82, 2.24) is 0 Å². The third-order valence-corrected chi connectivity index (χ3v) is 7.34. The number of amidine groups is 1. The number of hydrogen-bond donors (Lipinski definition) is 3. The first kappa shape index (κ1) is 25.2. The molecule has 0 atom stereocenters. The number of ether oxygens (including phenoxy) is 1. The molecule has 4 N–H and O–H groups in total. The number of carbonyl (C=O) groups is 1. The fourth-order valence-electron chi connectivity index (χ4n) is 3.47. The number of benzene rings is 4. The summed E-state index contributed by atoms with van der Waals surface area (Å²) in [6, 6.07) is 23.2. The van der Waals surface area contributed by atoms with Crippen molar-refractivity contribution in [3.05, 3.63) is 108 Å². The molecule has 4 aromatic carbocycles. The van der Waals surface area contributed by atoms with Crippen molar-refractivity contribution in [2.75, 3.05) is 5.32 Å². The Kier molecular flexibility index (Phi) is 7.24. The smallest absolute Gasteiger partial charge is 0.00837 e. The minimum Gasteiger partial charge on any atom is -0.00837 e. The summed E-state index contributed by atoms with van der Waals surface area (Å²) in [7, 11) is -3.50. The summed E-state index contributed by atoms with van der Waals surface area (Å²) in [5.74, 6) is -0.654. The molecule has 0 saturated carbocycles. The minimum absolute atomic E-state index is 0.109. The van der Waals surface area contributed by atoms with Gasteiger partial charge in [0.05, 0.1) is 0 Å². The normalized spacial score (nSPS) is 11.1. The van der Waals surface area contributed by atoms with Gasteiger partial charge in [0, 0.05) is 5.56 Å². The van der Waals surface area contributed by atoms with E-state index in [9.17, 15) is 17.6 Å². The molecule has 0 bridgehead atoms. The summed E-state index contributed by atoms with van der Waals surface area (Å²) in [5.41, 5.74) is 7.50. The largest absolute Gasteiger partial charge is 0.00837 e. The molecule has 0 aliphatic rings. The first-order valence-corrected chi connectivity index (χ1v) is 14.3. The number of halogens is 1. The third kappa shape index (κ3) is 5.82. The van der Waals surface area contributed by atoms with Crippen LogP contribution in [-0.2, 0) is 8.10 Å². The van der Waals surface area contributed by atoms with Crippen LogP contribution in [0.15, 0.2) is 95.9 Å². The molecular weight excluding hydrogens is 544 g/mol. The van der Waals surface area contributed by atoms with E-state index >= 15 is 0 Å². The van der Waals surface area contributed by atoms with Gasteiger partial charge in [-0.3, -0.25) is 5.41 Å². The molecule has 1 amide bonds. The molecule has 180 valence electrons. The van der Waals surface area contributed by atoms with E-state index in [1.54, 1.807) is 82.4 Å².